The molecule has 1 atom stereocenters. The van der Waals surface area contributed by atoms with Gasteiger partial charge in [-0.05, 0) is 46.2 Å². The first-order valence-corrected chi connectivity index (χ1v) is 9.71. The molecular weight excluding hydrogens is 388 g/mol. The number of ether oxygens (including phenoxy) is 1. The first kappa shape index (κ1) is 20.1. The first-order valence-electron chi connectivity index (χ1n) is 9.71. The van der Waals surface area contributed by atoms with Crippen molar-refractivity contribution in [2.75, 3.05) is 0 Å². The number of rotatable bonds is 3. The van der Waals surface area contributed by atoms with Crippen LogP contribution in [0.25, 0.3) is 21.9 Å². The summed E-state index contributed by atoms with van der Waals surface area (Å²) >= 11 is 0. The van der Waals surface area contributed by atoms with Crippen molar-refractivity contribution in [2.24, 2.45) is 0 Å². The van der Waals surface area contributed by atoms with Crippen LogP contribution < -0.4 is 10.2 Å². The maximum absolute atomic E-state index is 13.3. The molecule has 0 radical (unpaired) electrons. The van der Waals surface area contributed by atoms with Gasteiger partial charge in [0.05, 0.1) is 5.60 Å². The van der Waals surface area contributed by atoms with Crippen molar-refractivity contribution >= 4 is 21.9 Å². The van der Waals surface area contributed by atoms with Crippen LogP contribution in [-0.4, -0.2) is 32.1 Å². The molecule has 30 heavy (non-hydrogen) atoms. The molecule has 1 aliphatic rings. The van der Waals surface area contributed by atoms with Gasteiger partial charge in [-0.3, -0.25) is 4.79 Å². The van der Waals surface area contributed by atoms with Crippen LogP contribution in [0, 0.1) is 0 Å². The van der Waals surface area contributed by atoms with Gasteiger partial charge in [0.1, 0.15) is 39.7 Å². The highest BCUT2D eigenvalue weighted by molar-refractivity contribution is 6.00. The molecule has 0 bridgehead atoms. The zero-order chi connectivity index (χ0) is 22.0. The molecular formula is C23H24O7. The van der Waals surface area contributed by atoms with Crippen molar-refractivity contribution in [3.05, 3.63) is 45.1 Å². The SMILES string of the molecule is CC(C)=CCc1c2c(c3oc4c(O)ccc(O)c4c(=O)c3c1O)C[C@@H](C(C)(C)O)O2. The quantitative estimate of drug-likeness (QED) is 0.294. The Balaban J connectivity index is 2.14. The van der Waals surface area contributed by atoms with Crippen LogP contribution in [0.3, 0.4) is 0 Å². The van der Waals surface area contributed by atoms with E-state index in [4.69, 9.17) is 9.15 Å². The summed E-state index contributed by atoms with van der Waals surface area (Å²) in [4.78, 5) is 13.3. The predicted molar refractivity (Wildman–Crippen MR) is 113 cm³/mol. The molecule has 0 amide bonds. The minimum atomic E-state index is -1.17. The average Bonchev–Trinajstić information content (AvgIpc) is 3.10. The number of aliphatic hydroxyl groups is 1. The van der Waals surface area contributed by atoms with Gasteiger partial charge >= 0.3 is 0 Å². The number of aromatic hydroxyl groups is 3. The molecule has 0 fully saturated rings. The predicted octanol–water partition coefficient (Wildman–Crippen LogP) is 3.65. The standard InChI is InChI=1S/C23H24O7/c1-10(2)5-6-11-18(26)17-19(27)16-13(24)7-8-14(25)22(16)30-21(17)12-9-15(23(3,4)28)29-20(11)12/h5,7-8,15,24-26,28H,6,9H2,1-4H3/t15-/m0/s1. The van der Waals surface area contributed by atoms with Gasteiger partial charge in [-0.2, -0.15) is 0 Å². The van der Waals surface area contributed by atoms with Crippen LogP contribution >= 0.6 is 0 Å². The Hall–Kier alpha value is -3.19. The molecule has 0 saturated carbocycles. The fourth-order valence-electron chi connectivity index (χ4n) is 3.82. The number of hydrogen-bond donors (Lipinski definition) is 4. The van der Waals surface area contributed by atoms with Crippen molar-refractivity contribution in [2.45, 2.75) is 52.2 Å². The molecule has 1 aromatic heterocycles. The van der Waals surface area contributed by atoms with E-state index in [1.807, 2.05) is 19.9 Å². The highest BCUT2D eigenvalue weighted by atomic mass is 16.5. The molecule has 3 aromatic rings. The van der Waals surface area contributed by atoms with E-state index in [2.05, 4.69) is 0 Å². The van der Waals surface area contributed by atoms with Gasteiger partial charge in [0.15, 0.2) is 11.3 Å². The second kappa shape index (κ2) is 6.67. The molecule has 0 spiro atoms. The number of benzene rings is 2. The maximum Gasteiger partial charge on any atom is 0.208 e. The Morgan fingerprint density at radius 2 is 1.80 bits per heavy atom. The lowest BCUT2D eigenvalue weighted by molar-refractivity contribution is -0.0232. The van der Waals surface area contributed by atoms with Gasteiger partial charge in [0.25, 0.3) is 0 Å². The van der Waals surface area contributed by atoms with Crippen molar-refractivity contribution in [3.63, 3.8) is 0 Å². The second-order valence-corrected chi connectivity index (χ2v) is 8.53. The van der Waals surface area contributed by atoms with Crippen LogP contribution in [0.15, 0.2) is 33.0 Å². The molecule has 158 valence electrons. The molecule has 0 unspecified atom stereocenters. The number of phenolic OH excluding ortho intramolecular Hbond substituents is 3. The summed E-state index contributed by atoms with van der Waals surface area (Å²) in [6, 6.07) is 2.42. The highest BCUT2D eigenvalue weighted by Gasteiger charge is 2.39. The largest absolute Gasteiger partial charge is 0.507 e. The van der Waals surface area contributed by atoms with Gasteiger partial charge in [-0.15, -0.1) is 0 Å². The van der Waals surface area contributed by atoms with Gasteiger partial charge in [0.2, 0.25) is 5.43 Å². The second-order valence-electron chi connectivity index (χ2n) is 8.53. The van der Waals surface area contributed by atoms with Gasteiger partial charge in [0, 0.05) is 17.5 Å². The third-order valence-electron chi connectivity index (χ3n) is 5.50. The Bertz CT molecular complexity index is 1270. The van der Waals surface area contributed by atoms with E-state index in [1.165, 1.54) is 12.1 Å². The van der Waals surface area contributed by atoms with Crippen molar-refractivity contribution in [1.82, 2.24) is 0 Å². The smallest absolute Gasteiger partial charge is 0.208 e. The van der Waals surface area contributed by atoms with Gasteiger partial charge < -0.3 is 29.6 Å². The van der Waals surface area contributed by atoms with E-state index in [9.17, 15) is 25.2 Å². The van der Waals surface area contributed by atoms with Crippen LogP contribution in [0.1, 0.15) is 38.8 Å². The van der Waals surface area contributed by atoms with Gasteiger partial charge in [-0.1, -0.05) is 11.6 Å². The fourth-order valence-corrected chi connectivity index (χ4v) is 3.82. The summed E-state index contributed by atoms with van der Waals surface area (Å²) in [6.07, 6.45) is 1.86. The lowest BCUT2D eigenvalue weighted by Gasteiger charge is -2.24. The minimum absolute atomic E-state index is 0.0774. The van der Waals surface area contributed by atoms with Gasteiger partial charge in [-0.25, -0.2) is 0 Å². The third-order valence-corrected chi connectivity index (χ3v) is 5.50. The minimum Gasteiger partial charge on any atom is -0.507 e. The van der Waals surface area contributed by atoms with Crippen LogP contribution in [0.2, 0.25) is 0 Å². The first-order chi connectivity index (χ1) is 14.0. The maximum atomic E-state index is 13.3. The lowest BCUT2D eigenvalue weighted by Crippen LogP contribution is -2.39. The van der Waals surface area contributed by atoms with Crippen LogP contribution in [0.4, 0.5) is 0 Å². The summed E-state index contributed by atoms with van der Waals surface area (Å²) < 4.78 is 11.9. The van der Waals surface area contributed by atoms with E-state index in [0.29, 0.717) is 23.3 Å². The Kier molecular flexibility index (Phi) is 4.47. The zero-order valence-corrected chi connectivity index (χ0v) is 17.2. The number of fused-ring (bicyclic) bond motifs is 4. The third kappa shape index (κ3) is 2.97. The van der Waals surface area contributed by atoms with Crippen molar-refractivity contribution in [3.8, 4) is 23.0 Å². The molecule has 2 heterocycles. The summed E-state index contributed by atoms with van der Waals surface area (Å²) in [5.41, 5.74) is 0.0577. The van der Waals surface area contributed by atoms with E-state index >= 15 is 0 Å². The van der Waals surface area contributed by atoms with Crippen molar-refractivity contribution in [1.29, 1.82) is 0 Å². The Morgan fingerprint density at radius 3 is 2.43 bits per heavy atom. The molecule has 0 saturated heterocycles. The summed E-state index contributed by atoms with van der Waals surface area (Å²) in [7, 11) is 0. The number of hydrogen-bond acceptors (Lipinski definition) is 7. The normalized spacial score (nSPS) is 16.0. The molecule has 7 heteroatoms. The van der Waals surface area contributed by atoms with E-state index in [-0.39, 0.29) is 45.6 Å². The summed E-state index contributed by atoms with van der Waals surface area (Å²) in [5, 5.41) is 41.6. The van der Waals surface area contributed by atoms with E-state index in [0.717, 1.165) is 5.57 Å². The van der Waals surface area contributed by atoms with E-state index in [1.54, 1.807) is 13.8 Å². The summed E-state index contributed by atoms with van der Waals surface area (Å²) in [6.45, 7) is 7.08. The van der Waals surface area contributed by atoms with E-state index < -0.39 is 17.1 Å². The zero-order valence-electron chi connectivity index (χ0n) is 17.2. The Morgan fingerprint density at radius 1 is 1.13 bits per heavy atom. The lowest BCUT2D eigenvalue weighted by atomic mass is 9.94. The Labute approximate surface area is 172 Å². The molecule has 2 aromatic carbocycles. The molecule has 4 N–H and O–H groups in total. The monoisotopic (exact) mass is 412 g/mol. The van der Waals surface area contributed by atoms with Crippen LogP contribution in [0.5, 0.6) is 23.0 Å². The molecule has 7 nitrogen and oxygen atoms in total. The summed E-state index contributed by atoms with van der Waals surface area (Å²) in [5.74, 6) is -0.584. The highest BCUT2D eigenvalue weighted by Crippen LogP contribution is 2.47. The molecule has 1 aliphatic heterocycles. The van der Waals surface area contributed by atoms with Crippen molar-refractivity contribution < 1.29 is 29.6 Å². The average molecular weight is 412 g/mol. The fraction of sp³-hybridized carbons (Fsp3) is 0.348. The number of allylic oxidation sites excluding steroid dienone is 2. The molecule has 0 aliphatic carbocycles. The number of phenols is 3. The van der Waals surface area contributed by atoms with Crippen LogP contribution in [-0.2, 0) is 12.8 Å². The topological polar surface area (TPSA) is 120 Å². The molecule has 4 rings (SSSR count).